The maximum Gasteiger partial charge on any atom is 0.322 e. The normalized spacial score (nSPS) is 10.4. The number of benzene rings is 1. The van der Waals surface area contributed by atoms with Crippen molar-refractivity contribution < 1.29 is 14.7 Å². The Labute approximate surface area is 134 Å². The lowest BCUT2D eigenvalue weighted by atomic mass is 10.2. The molecule has 2 N–H and O–H groups in total. The van der Waals surface area contributed by atoms with Crippen LogP contribution in [0.5, 0.6) is 0 Å². The Hall–Kier alpha value is -1.63. The SMILES string of the molecule is O=C(O)CNC(=O)Cc1csc(-c2ccc(Cl)cc2Cl)n1. The molecule has 0 unspecified atom stereocenters. The maximum absolute atomic E-state index is 11.5. The number of aromatic nitrogens is 1. The van der Waals surface area contributed by atoms with Gasteiger partial charge in [-0.05, 0) is 18.2 Å². The summed E-state index contributed by atoms with van der Waals surface area (Å²) in [5.74, 6) is -1.48. The molecule has 5 nitrogen and oxygen atoms in total. The van der Waals surface area contributed by atoms with Crippen molar-refractivity contribution >= 4 is 46.4 Å². The Morgan fingerprint density at radius 1 is 1.33 bits per heavy atom. The Morgan fingerprint density at radius 2 is 2.10 bits per heavy atom. The Balaban J connectivity index is 2.07. The van der Waals surface area contributed by atoms with Gasteiger partial charge in [0, 0.05) is 16.0 Å². The third kappa shape index (κ3) is 4.42. The van der Waals surface area contributed by atoms with E-state index in [1.54, 1.807) is 23.6 Å². The van der Waals surface area contributed by atoms with Crippen LogP contribution in [0, 0.1) is 0 Å². The Bertz CT molecular complexity index is 688. The van der Waals surface area contributed by atoms with Gasteiger partial charge in [0.25, 0.3) is 0 Å². The third-order valence-corrected chi connectivity index (χ3v) is 3.96. The minimum atomic E-state index is -1.09. The number of carboxylic acids is 1. The standard InChI is InChI=1S/C13H10Cl2N2O3S/c14-7-1-2-9(10(15)3-7)13-17-8(6-21-13)4-11(18)16-5-12(19)20/h1-3,6H,4-5H2,(H,16,18)(H,19,20). The highest BCUT2D eigenvalue weighted by molar-refractivity contribution is 7.13. The number of halogens is 2. The summed E-state index contributed by atoms with van der Waals surface area (Å²) >= 11 is 13.3. The van der Waals surface area contributed by atoms with Crippen LogP contribution in [-0.4, -0.2) is 28.5 Å². The zero-order valence-corrected chi connectivity index (χ0v) is 12.9. The van der Waals surface area contributed by atoms with E-state index in [4.69, 9.17) is 28.3 Å². The van der Waals surface area contributed by atoms with Crippen molar-refractivity contribution in [2.24, 2.45) is 0 Å². The van der Waals surface area contributed by atoms with E-state index in [0.29, 0.717) is 20.7 Å². The van der Waals surface area contributed by atoms with Gasteiger partial charge in [0.2, 0.25) is 5.91 Å². The second kappa shape index (κ2) is 6.89. The maximum atomic E-state index is 11.5. The van der Waals surface area contributed by atoms with Gasteiger partial charge in [0.1, 0.15) is 11.6 Å². The first-order valence-electron chi connectivity index (χ1n) is 5.84. The molecule has 0 bridgehead atoms. The van der Waals surface area contributed by atoms with Gasteiger partial charge in [0.05, 0.1) is 17.1 Å². The van der Waals surface area contributed by atoms with Crippen molar-refractivity contribution in [1.82, 2.24) is 10.3 Å². The molecule has 0 atom stereocenters. The number of nitrogens with zero attached hydrogens (tertiary/aromatic N) is 1. The van der Waals surface area contributed by atoms with Gasteiger partial charge in [0.15, 0.2) is 0 Å². The molecule has 2 rings (SSSR count). The Morgan fingerprint density at radius 3 is 2.76 bits per heavy atom. The number of thiazole rings is 1. The second-order valence-corrected chi connectivity index (χ2v) is 5.82. The molecule has 1 aromatic carbocycles. The summed E-state index contributed by atoms with van der Waals surface area (Å²) in [6.45, 7) is -0.404. The number of carbonyl (C=O) groups excluding carboxylic acids is 1. The van der Waals surface area contributed by atoms with Crippen LogP contribution < -0.4 is 5.32 Å². The number of carboxylic acid groups (broad SMARTS) is 1. The van der Waals surface area contributed by atoms with Crippen LogP contribution in [-0.2, 0) is 16.0 Å². The molecule has 110 valence electrons. The second-order valence-electron chi connectivity index (χ2n) is 4.12. The van der Waals surface area contributed by atoms with Gasteiger partial charge in [-0.1, -0.05) is 23.2 Å². The molecule has 8 heteroatoms. The number of aliphatic carboxylic acids is 1. The number of carbonyl (C=O) groups is 2. The van der Waals surface area contributed by atoms with Crippen molar-refractivity contribution in [3.63, 3.8) is 0 Å². The van der Waals surface area contributed by atoms with Crippen LogP contribution in [0.4, 0.5) is 0 Å². The molecule has 0 radical (unpaired) electrons. The fraction of sp³-hybridized carbons (Fsp3) is 0.154. The van der Waals surface area contributed by atoms with Crippen molar-refractivity contribution in [3.05, 3.63) is 39.3 Å². The summed E-state index contributed by atoms with van der Waals surface area (Å²) in [4.78, 5) is 26.2. The molecule has 0 saturated carbocycles. The summed E-state index contributed by atoms with van der Waals surface area (Å²) in [5, 5.41) is 14.2. The molecule has 0 aliphatic carbocycles. The zero-order valence-electron chi connectivity index (χ0n) is 10.6. The van der Waals surface area contributed by atoms with Crippen molar-refractivity contribution in [3.8, 4) is 10.6 Å². The van der Waals surface area contributed by atoms with Gasteiger partial charge in [-0.15, -0.1) is 11.3 Å². The fourth-order valence-electron chi connectivity index (χ4n) is 1.58. The van der Waals surface area contributed by atoms with E-state index in [-0.39, 0.29) is 6.42 Å². The predicted octanol–water partition coefficient (Wildman–Crippen LogP) is 2.86. The smallest absolute Gasteiger partial charge is 0.322 e. The highest BCUT2D eigenvalue weighted by Gasteiger charge is 2.12. The molecule has 2 aromatic rings. The largest absolute Gasteiger partial charge is 0.480 e. The quantitative estimate of drug-likeness (QED) is 0.873. The number of rotatable bonds is 5. The monoisotopic (exact) mass is 344 g/mol. The lowest BCUT2D eigenvalue weighted by molar-refractivity contribution is -0.137. The topological polar surface area (TPSA) is 79.3 Å². The molecule has 1 aromatic heterocycles. The molecule has 0 fully saturated rings. The van der Waals surface area contributed by atoms with Gasteiger partial charge < -0.3 is 10.4 Å². The van der Waals surface area contributed by atoms with E-state index in [1.807, 2.05) is 0 Å². The van der Waals surface area contributed by atoms with E-state index in [1.165, 1.54) is 11.3 Å². The van der Waals surface area contributed by atoms with Crippen molar-refractivity contribution in [2.75, 3.05) is 6.54 Å². The summed E-state index contributed by atoms with van der Waals surface area (Å²) in [7, 11) is 0. The van der Waals surface area contributed by atoms with Crippen molar-refractivity contribution in [1.29, 1.82) is 0 Å². The average molecular weight is 345 g/mol. The summed E-state index contributed by atoms with van der Waals surface area (Å²) < 4.78 is 0. The fourth-order valence-corrected chi connectivity index (χ4v) is 2.99. The lowest BCUT2D eigenvalue weighted by Crippen LogP contribution is -2.30. The minimum Gasteiger partial charge on any atom is -0.480 e. The zero-order chi connectivity index (χ0) is 15.4. The van der Waals surface area contributed by atoms with Crippen molar-refractivity contribution in [2.45, 2.75) is 6.42 Å². The molecule has 0 aliphatic heterocycles. The molecule has 0 spiro atoms. The molecular weight excluding hydrogens is 335 g/mol. The van der Waals surface area contributed by atoms with Crippen LogP contribution in [0.15, 0.2) is 23.6 Å². The van der Waals surface area contributed by atoms with Crippen LogP contribution in [0.2, 0.25) is 10.0 Å². The average Bonchev–Trinajstić information content (AvgIpc) is 2.84. The van der Waals surface area contributed by atoms with E-state index in [9.17, 15) is 9.59 Å². The molecule has 1 amide bonds. The first-order chi connectivity index (χ1) is 9.95. The number of hydrogen-bond acceptors (Lipinski definition) is 4. The predicted molar refractivity (Wildman–Crippen MR) is 81.9 cm³/mol. The van der Waals surface area contributed by atoms with Gasteiger partial charge >= 0.3 is 5.97 Å². The van der Waals surface area contributed by atoms with Crippen LogP contribution >= 0.6 is 34.5 Å². The first-order valence-corrected chi connectivity index (χ1v) is 7.47. The first kappa shape index (κ1) is 15.8. The van der Waals surface area contributed by atoms with Crippen LogP contribution in [0.3, 0.4) is 0 Å². The lowest BCUT2D eigenvalue weighted by Gasteiger charge is -2.01. The Kier molecular flexibility index (Phi) is 5.17. The number of amides is 1. The molecule has 21 heavy (non-hydrogen) atoms. The molecule has 0 saturated heterocycles. The summed E-state index contributed by atoms with van der Waals surface area (Å²) in [6.07, 6.45) is 0.0228. The summed E-state index contributed by atoms with van der Waals surface area (Å²) in [5.41, 5.74) is 1.30. The minimum absolute atomic E-state index is 0.0228. The van der Waals surface area contributed by atoms with E-state index >= 15 is 0 Å². The molecular formula is C13H10Cl2N2O3S. The third-order valence-electron chi connectivity index (χ3n) is 2.49. The highest BCUT2D eigenvalue weighted by Crippen LogP contribution is 2.32. The van der Waals surface area contributed by atoms with Gasteiger partial charge in [-0.25, -0.2) is 4.98 Å². The van der Waals surface area contributed by atoms with Gasteiger partial charge in [-0.3, -0.25) is 9.59 Å². The van der Waals surface area contributed by atoms with E-state index in [0.717, 1.165) is 5.56 Å². The highest BCUT2D eigenvalue weighted by atomic mass is 35.5. The number of hydrogen-bond donors (Lipinski definition) is 2. The molecule has 1 heterocycles. The molecule has 0 aliphatic rings. The van der Waals surface area contributed by atoms with Crippen LogP contribution in [0.25, 0.3) is 10.6 Å². The van der Waals surface area contributed by atoms with Crippen LogP contribution in [0.1, 0.15) is 5.69 Å². The van der Waals surface area contributed by atoms with E-state index < -0.39 is 18.4 Å². The van der Waals surface area contributed by atoms with E-state index in [2.05, 4.69) is 10.3 Å². The van der Waals surface area contributed by atoms with Gasteiger partial charge in [-0.2, -0.15) is 0 Å². The summed E-state index contributed by atoms with van der Waals surface area (Å²) in [6, 6.07) is 5.10. The number of nitrogens with one attached hydrogen (secondary N) is 1.